The molecule has 0 fully saturated rings. The number of carbonyl (C=O) groups excluding carboxylic acids is 1. The molecule has 216 valence electrons. The van der Waals surface area contributed by atoms with Crippen LogP contribution in [0.5, 0.6) is 11.5 Å². The molecule has 0 saturated carbocycles. The van der Waals surface area contributed by atoms with Gasteiger partial charge in [0.25, 0.3) is 5.69 Å². The molecule has 1 aromatic heterocycles. The van der Waals surface area contributed by atoms with Gasteiger partial charge in [0.05, 0.1) is 24.2 Å². The molecule has 0 bridgehead atoms. The van der Waals surface area contributed by atoms with E-state index in [4.69, 9.17) is 19.2 Å². The summed E-state index contributed by atoms with van der Waals surface area (Å²) in [5, 5.41) is 11.5. The Hall–Kier alpha value is -4.54. The van der Waals surface area contributed by atoms with Gasteiger partial charge in [-0.05, 0) is 65.9 Å². The Labute approximate surface area is 248 Å². The highest BCUT2D eigenvalue weighted by Gasteiger charge is 2.28. The van der Waals surface area contributed by atoms with Crippen LogP contribution in [0.4, 0.5) is 10.7 Å². The van der Waals surface area contributed by atoms with Crippen LogP contribution in [0.2, 0.25) is 0 Å². The predicted molar refractivity (Wildman–Crippen MR) is 162 cm³/mol. The number of methoxy groups -OCH3 is 1. The molecule has 2 heterocycles. The van der Waals surface area contributed by atoms with E-state index >= 15 is 0 Å². The van der Waals surface area contributed by atoms with E-state index in [1.807, 2.05) is 30.3 Å². The molecule has 42 heavy (non-hydrogen) atoms. The van der Waals surface area contributed by atoms with Crippen LogP contribution in [0.1, 0.15) is 44.4 Å². The van der Waals surface area contributed by atoms with E-state index in [-0.39, 0.29) is 18.3 Å². The SMILES string of the molecule is CCOC(=O)c1c(N=Cc2ccc(OCc3ccc([N+](=O)[O-])cc3)c(OC)c2)sc2c1CCN(Cc1ccccc1)C2. The fourth-order valence-electron chi connectivity index (χ4n) is 4.82. The standard InChI is InChI=1S/C32H31N3O6S/c1-3-40-32(36)30-26-15-16-34(19-22-7-5-4-6-8-22)20-29(26)42-31(30)33-18-24-11-14-27(28(17-24)39-2)41-21-23-9-12-25(13-10-23)35(37)38/h4-14,17-18H,3,15-16,19-21H2,1-2H3. The van der Waals surface area contributed by atoms with Crippen LogP contribution >= 0.6 is 11.3 Å². The minimum absolute atomic E-state index is 0.0298. The second kappa shape index (κ2) is 13.4. The van der Waals surface area contributed by atoms with E-state index in [0.717, 1.165) is 47.6 Å². The number of nitro groups is 1. The molecule has 0 unspecified atom stereocenters. The number of fused-ring (bicyclic) bond motifs is 1. The monoisotopic (exact) mass is 585 g/mol. The highest BCUT2D eigenvalue weighted by molar-refractivity contribution is 7.16. The number of benzene rings is 3. The molecule has 0 radical (unpaired) electrons. The number of non-ortho nitro benzene ring substituents is 1. The first kappa shape index (κ1) is 29.0. The summed E-state index contributed by atoms with van der Waals surface area (Å²) in [7, 11) is 1.56. The highest BCUT2D eigenvalue weighted by atomic mass is 32.1. The zero-order chi connectivity index (χ0) is 29.5. The first-order valence-corrected chi connectivity index (χ1v) is 14.4. The molecule has 4 aromatic rings. The molecule has 9 nitrogen and oxygen atoms in total. The zero-order valence-corrected chi connectivity index (χ0v) is 24.3. The lowest BCUT2D eigenvalue weighted by atomic mass is 10.0. The van der Waals surface area contributed by atoms with Gasteiger partial charge >= 0.3 is 5.97 Å². The van der Waals surface area contributed by atoms with Crippen LogP contribution < -0.4 is 9.47 Å². The molecule has 5 rings (SSSR count). The van der Waals surface area contributed by atoms with Crippen molar-refractivity contribution >= 4 is 34.2 Å². The summed E-state index contributed by atoms with van der Waals surface area (Å²) < 4.78 is 16.9. The average Bonchev–Trinajstić information content (AvgIpc) is 3.37. The maximum atomic E-state index is 13.0. The Morgan fingerprint density at radius 3 is 2.57 bits per heavy atom. The average molecular weight is 586 g/mol. The van der Waals surface area contributed by atoms with Crippen molar-refractivity contribution in [3.63, 3.8) is 0 Å². The summed E-state index contributed by atoms with van der Waals surface area (Å²) in [4.78, 5) is 31.7. The zero-order valence-electron chi connectivity index (χ0n) is 23.4. The number of hydrogen-bond donors (Lipinski definition) is 0. The molecule has 1 aliphatic rings. The van der Waals surface area contributed by atoms with Gasteiger partial charge in [0, 0.05) is 42.9 Å². The second-order valence-corrected chi connectivity index (χ2v) is 10.8. The van der Waals surface area contributed by atoms with E-state index in [1.165, 1.54) is 29.0 Å². The van der Waals surface area contributed by atoms with E-state index in [2.05, 4.69) is 17.0 Å². The molecule has 0 amide bonds. The number of nitrogens with zero attached hydrogens (tertiary/aromatic N) is 3. The van der Waals surface area contributed by atoms with Crippen molar-refractivity contribution < 1.29 is 23.9 Å². The third-order valence-corrected chi connectivity index (χ3v) is 8.03. The van der Waals surface area contributed by atoms with Crippen LogP contribution in [-0.4, -0.2) is 42.3 Å². The Kier molecular flexibility index (Phi) is 9.25. The number of carbonyl (C=O) groups is 1. The summed E-state index contributed by atoms with van der Waals surface area (Å²) in [6.07, 6.45) is 2.47. The smallest absolute Gasteiger partial charge is 0.341 e. The van der Waals surface area contributed by atoms with Crippen molar-refractivity contribution in [1.29, 1.82) is 0 Å². The van der Waals surface area contributed by atoms with Crippen LogP contribution in [0, 0.1) is 10.1 Å². The second-order valence-electron chi connectivity index (χ2n) is 9.73. The lowest BCUT2D eigenvalue weighted by Gasteiger charge is -2.27. The highest BCUT2D eigenvalue weighted by Crippen LogP contribution is 2.40. The summed E-state index contributed by atoms with van der Waals surface area (Å²) in [6.45, 7) is 4.79. The third-order valence-electron chi connectivity index (χ3n) is 6.91. The number of ether oxygens (including phenoxy) is 3. The Balaban J connectivity index is 1.33. The molecule has 0 aliphatic carbocycles. The van der Waals surface area contributed by atoms with Crippen LogP contribution in [0.25, 0.3) is 0 Å². The number of hydrogen-bond acceptors (Lipinski definition) is 9. The number of thiophene rings is 1. The van der Waals surface area contributed by atoms with Crippen molar-refractivity contribution in [1.82, 2.24) is 4.90 Å². The molecule has 0 spiro atoms. The van der Waals surface area contributed by atoms with Gasteiger partial charge < -0.3 is 14.2 Å². The quantitative estimate of drug-likeness (QED) is 0.0832. The van der Waals surface area contributed by atoms with E-state index < -0.39 is 4.92 Å². The molecule has 3 aromatic carbocycles. The normalized spacial score (nSPS) is 13.1. The summed E-state index contributed by atoms with van der Waals surface area (Å²) in [5.74, 6) is 0.713. The third kappa shape index (κ3) is 6.84. The Bertz CT molecular complexity index is 1580. The molecule has 1 aliphatic heterocycles. The number of rotatable bonds is 11. The van der Waals surface area contributed by atoms with Gasteiger partial charge in [0.2, 0.25) is 0 Å². The van der Waals surface area contributed by atoms with Gasteiger partial charge in [-0.15, -0.1) is 11.3 Å². The van der Waals surface area contributed by atoms with Gasteiger partial charge in [0.15, 0.2) is 11.5 Å². The summed E-state index contributed by atoms with van der Waals surface area (Å²) in [5.41, 5.74) is 4.45. The first-order valence-electron chi connectivity index (χ1n) is 13.6. The number of esters is 1. The topological polar surface area (TPSA) is 104 Å². The van der Waals surface area contributed by atoms with Gasteiger partial charge in [-0.3, -0.25) is 15.0 Å². The minimum atomic E-state index is -0.435. The molecular formula is C32H31N3O6S. The molecule has 10 heteroatoms. The fraction of sp³-hybridized carbons (Fsp3) is 0.250. The van der Waals surface area contributed by atoms with Crippen molar-refractivity contribution in [2.24, 2.45) is 4.99 Å². The van der Waals surface area contributed by atoms with Crippen LogP contribution in [0.3, 0.4) is 0 Å². The van der Waals surface area contributed by atoms with Crippen molar-refractivity contribution in [3.8, 4) is 11.5 Å². The van der Waals surface area contributed by atoms with Crippen LogP contribution in [0.15, 0.2) is 77.8 Å². The van der Waals surface area contributed by atoms with Gasteiger partial charge in [-0.25, -0.2) is 9.79 Å². The molecular weight excluding hydrogens is 554 g/mol. The summed E-state index contributed by atoms with van der Waals surface area (Å²) >= 11 is 1.53. The molecule has 0 saturated heterocycles. The fourth-order valence-corrected chi connectivity index (χ4v) is 6.04. The number of aliphatic imine (C=N–C) groups is 1. The number of nitro benzene ring substituents is 1. The lowest BCUT2D eigenvalue weighted by Crippen LogP contribution is -2.29. The predicted octanol–water partition coefficient (Wildman–Crippen LogP) is 6.73. The van der Waals surface area contributed by atoms with E-state index in [9.17, 15) is 14.9 Å². The lowest BCUT2D eigenvalue weighted by molar-refractivity contribution is -0.384. The first-order chi connectivity index (χ1) is 20.4. The van der Waals surface area contributed by atoms with Crippen molar-refractivity contribution in [2.45, 2.75) is 33.0 Å². The Morgan fingerprint density at radius 2 is 1.86 bits per heavy atom. The summed E-state index contributed by atoms with van der Waals surface area (Å²) in [6, 6.07) is 22.1. The molecule has 0 atom stereocenters. The van der Waals surface area contributed by atoms with Crippen molar-refractivity contribution in [3.05, 3.63) is 116 Å². The van der Waals surface area contributed by atoms with Crippen molar-refractivity contribution in [2.75, 3.05) is 20.3 Å². The largest absolute Gasteiger partial charge is 0.493 e. The maximum absolute atomic E-state index is 13.0. The van der Waals surface area contributed by atoms with E-state index in [1.54, 1.807) is 38.4 Å². The minimum Gasteiger partial charge on any atom is -0.493 e. The van der Waals surface area contributed by atoms with Gasteiger partial charge in [-0.2, -0.15) is 0 Å². The van der Waals surface area contributed by atoms with E-state index in [0.29, 0.717) is 28.7 Å². The van der Waals surface area contributed by atoms with Gasteiger partial charge in [0.1, 0.15) is 11.6 Å². The van der Waals surface area contributed by atoms with Crippen LogP contribution in [-0.2, 0) is 30.9 Å². The molecule has 0 N–H and O–H groups in total. The van der Waals surface area contributed by atoms with Gasteiger partial charge in [-0.1, -0.05) is 30.3 Å². The Morgan fingerprint density at radius 1 is 1.07 bits per heavy atom. The maximum Gasteiger partial charge on any atom is 0.341 e.